The Bertz CT molecular complexity index is 817. The van der Waals surface area contributed by atoms with Crippen LogP contribution >= 0.6 is 0 Å². The van der Waals surface area contributed by atoms with E-state index in [2.05, 4.69) is 54.6 Å². The van der Waals surface area contributed by atoms with Gasteiger partial charge in [-0.15, -0.1) is 0 Å². The molecule has 2 aromatic rings. The van der Waals surface area contributed by atoms with E-state index >= 15 is 0 Å². The number of hydrogen-bond donors (Lipinski definition) is 0. The fourth-order valence-electron chi connectivity index (χ4n) is 5.04. The molecule has 2 bridgehead atoms. The lowest BCUT2D eigenvalue weighted by Crippen LogP contribution is -2.41. The maximum absolute atomic E-state index is 13.0. The van der Waals surface area contributed by atoms with Gasteiger partial charge < -0.3 is 0 Å². The van der Waals surface area contributed by atoms with Gasteiger partial charge in [0.15, 0.2) is 0 Å². The number of benzene rings is 2. The molecule has 0 aromatic heterocycles. The zero-order chi connectivity index (χ0) is 15.4. The Labute approximate surface area is 137 Å². The molecule has 3 atom stereocenters. The number of Topliss-reactive ketones (excluding diaryl/α,β-unsaturated/α-hetero) is 1. The summed E-state index contributed by atoms with van der Waals surface area (Å²) in [5.41, 5.74) is 5.01. The molecule has 0 saturated heterocycles. The van der Waals surface area contributed by atoms with Gasteiger partial charge in [-0.2, -0.15) is 0 Å². The monoisotopic (exact) mass is 300 g/mol. The van der Waals surface area contributed by atoms with Crippen LogP contribution < -0.4 is 0 Å². The molecule has 0 N–H and O–H groups in total. The lowest BCUT2D eigenvalue weighted by Gasteiger charge is -2.38. The van der Waals surface area contributed by atoms with Gasteiger partial charge in [-0.3, -0.25) is 4.79 Å². The van der Waals surface area contributed by atoms with Crippen molar-refractivity contribution in [2.75, 3.05) is 0 Å². The van der Waals surface area contributed by atoms with Gasteiger partial charge in [0.25, 0.3) is 0 Å². The summed E-state index contributed by atoms with van der Waals surface area (Å²) in [6.07, 6.45) is 8.48. The number of hydrogen-bond acceptors (Lipinski definition) is 1. The number of carbonyl (C=O) groups is 1. The average Bonchev–Trinajstić information content (AvgIpc) is 3.18. The molecular weight excluding hydrogens is 280 g/mol. The van der Waals surface area contributed by atoms with Crippen LogP contribution in [0.3, 0.4) is 0 Å². The maximum atomic E-state index is 13.0. The Hall–Kier alpha value is -2.15. The smallest absolute Gasteiger partial charge is 0.144 e. The second kappa shape index (κ2) is 4.67. The number of allylic oxidation sites excluding steroid dienone is 2. The summed E-state index contributed by atoms with van der Waals surface area (Å²) < 4.78 is 0. The van der Waals surface area contributed by atoms with Crippen molar-refractivity contribution in [3.63, 3.8) is 0 Å². The third-order valence-corrected chi connectivity index (χ3v) is 6.23. The minimum atomic E-state index is -0.0827. The van der Waals surface area contributed by atoms with Gasteiger partial charge in [0.05, 0.1) is 0 Å². The van der Waals surface area contributed by atoms with Gasteiger partial charge in [-0.1, -0.05) is 60.7 Å². The highest BCUT2D eigenvalue weighted by Crippen LogP contribution is 2.56. The molecular formula is C22H20O. The van der Waals surface area contributed by atoms with Crippen LogP contribution in [0.4, 0.5) is 0 Å². The Morgan fingerprint density at radius 2 is 1.78 bits per heavy atom. The zero-order valence-electron chi connectivity index (χ0n) is 13.2. The van der Waals surface area contributed by atoms with Gasteiger partial charge in [0.2, 0.25) is 0 Å². The van der Waals surface area contributed by atoms with Gasteiger partial charge in [0.1, 0.15) is 5.78 Å². The van der Waals surface area contributed by atoms with E-state index in [-0.39, 0.29) is 5.41 Å². The second-order valence-corrected chi connectivity index (χ2v) is 7.47. The highest BCUT2D eigenvalue weighted by atomic mass is 16.1. The Morgan fingerprint density at radius 1 is 0.913 bits per heavy atom. The molecule has 1 spiro atoms. The first-order valence-electron chi connectivity index (χ1n) is 8.63. The van der Waals surface area contributed by atoms with Crippen LogP contribution in [0.15, 0.2) is 60.7 Å². The quantitative estimate of drug-likeness (QED) is 0.703. The fourth-order valence-corrected chi connectivity index (χ4v) is 5.04. The standard InChI is InChI=1S/C22H20O/c23-21-12-19-11-17(16-4-2-1-3-5-16)7-8-18(19)14-22(21)13-15-6-9-20(22)10-15/h1-9,11,15,20H,10,12-14H2. The van der Waals surface area contributed by atoms with Crippen molar-refractivity contribution in [2.45, 2.75) is 25.7 Å². The van der Waals surface area contributed by atoms with E-state index in [1.165, 1.54) is 28.7 Å². The predicted molar refractivity (Wildman–Crippen MR) is 92.1 cm³/mol. The van der Waals surface area contributed by atoms with E-state index in [4.69, 9.17) is 0 Å². The molecule has 0 radical (unpaired) electrons. The van der Waals surface area contributed by atoms with E-state index in [1.54, 1.807) is 0 Å². The summed E-state index contributed by atoms with van der Waals surface area (Å²) in [6.45, 7) is 0. The number of fused-ring (bicyclic) bond motifs is 4. The van der Waals surface area contributed by atoms with Crippen molar-refractivity contribution in [1.82, 2.24) is 0 Å². The molecule has 0 aliphatic heterocycles. The minimum absolute atomic E-state index is 0.0827. The van der Waals surface area contributed by atoms with Gasteiger partial charge >= 0.3 is 0 Å². The summed E-state index contributed by atoms with van der Waals surface area (Å²) >= 11 is 0. The van der Waals surface area contributed by atoms with Gasteiger partial charge in [-0.25, -0.2) is 0 Å². The second-order valence-electron chi connectivity index (χ2n) is 7.47. The molecule has 5 rings (SSSR count). The molecule has 1 heteroatoms. The lowest BCUT2D eigenvalue weighted by molar-refractivity contribution is -0.130. The maximum Gasteiger partial charge on any atom is 0.144 e. The minimum Gasteiger partial charge on any atom is -0.299 e. The predicted octanol–water partition coefficient (Wildman–Crippen LogP) is 4.60. The van der Waals surface area contributed by atoms with Crippen molar-refractivity contribution in [3.8, 4) is 11.1 Å². The van der Waals surface area contributed by atoms with Gasteiger partial charge in [-0.05, 0) is 53.4 Å². The normalized spacial score (nSPS) is 30.9. The van der Waals surface area contributed by atoms with E-state index in [0.29, 0.717) is 24.0 Å². The van der Waals surface area contributed by atoms with Crippen LogP contribution in [0, 0.1) is 17.3 Å². The van der Waals surface area contributed by atoms with E-state index in [0.717, 1.165) is 12.8 Å². The highest BCUT2D eigenvalue weighted by molar-refractivity contribution is 5.91. The molecule has 1 fully saturated rings. The largest absolute Gasteiger partial charge is 0.299 e. The van der Waals surface area contributed by atoms with Crippen molar-refractivity contribution >= 4 is 5.78 Å². The van der Waals surface area contributed by atoms with E-state index in [1.807, 2.05) is 6.07 Å². The summed E-state index contributed by atoms with van der Waals surface area (Å²) in [7, 11) is 0. The highest BCUT2D eigenvalue weighted by Gasteiger charge is 2.54. The molecule has 23 heavy (non-hydrogen) atoms. The molecule has 2 aromatic carbocycles. The van der Waals surface area contributed by atoms with E-state index in [9.17, 15) is 4.79 Å². The third-order valence-electron chi connectivity index (χ3n) is 6.23. The van der Waals surface area contributed by atoms with Crippen LogP contribution in [0.1, 0.15) is 24.0 Å². The van der Waals surface area contributed by atoms with Crippen molar-refractivity contribution in [2.24, 2.45) is 17.3 Å². The Kier molecular flexibility index (Phi) is 2.70. The summed E-state index contributed by atoms with van der Waals surface area (Å²) in [4.78, 5) is 13.0. The van der Waals surface area contributed by atoms with Crippen molar-refractivity contribution in [1.29, 1.82) is 0 Å². The summed E-state index contributed by atoms with van der Waals surface area (Å²) in [5.74, 6) is 1.61. The van der Waals surface area contributed by atoms with Gasteiger partial charge in [0, 0.05) is 11.8 Å². The van der Waals surface area contributed by atoms with Crippen molar-refractivity contribution < 1.29 is 4.79 Å². The van der Waals surface area contributed by atoms with Crippen LogP contribution in [-0.4, -0.2) is 5.78 Å². The molecule has 3 aliphatic rings. The molecule has 3 unspecified atom stereocenters. The Morgan fingerprint density at radius 3 is 2.52 bits per heavy atom. The summed E-state index contributed by atoms with van der Waals surface area (Å²) in [5, 5.41) is 0. The molecule has 1 nitrogen and oxygen atoms in total. The topological polar surface area (TPSA) is 17.1 Å². The number of carbonyl (C=O) groups excluding carboxylic acids is 1. The molecule has 0 heterocycles. The number of ketones is 1. The first kappa shape index (κ1) is 13.3. The van der Waals surface area contributed by atoms with Crippen LogP contribution in [0.2, 0.25) is 0 Å². The average molecular weight is 300 g/mol. The van der Waals surface area contributed by atoms with E-state index < -0.39 is 0 Å². The van der Waals surface area contributed by atoms with Crippen LogP contribution in [0.25, 0.3) is 11.1 Å². The van der Waals surface area contributed by atoms with Crippen LogP contribution in [-0.2, 0) is 17.6 Å². The number of rotatable bonds is 1. The SMILES string of the molecule is O=C1Cc2cc(-c3ccccc3)ccc2CC12CC1C=CC2C1. The first-order valence-corrected chi connectivity index (χ1v) is 8.63. The van der Waals surface area contributed by atoms with Crippen molar-refractivity contribution in [3.05, 3.63) is 71.8 Å². The van der Waals surface area contributed by atoms with Crippen LogP contribution in [0.5, 0.6) is 0 Å². The Balaban J connectivity index is 1.54. The molecule has 3 aliphatic carbocycles. The lowest BCUT2D eigenvalue weighted by atomic mass is 9.63. The molecule has 1 saturated carbocycles. The first-order chi connectivity index (χ1) is 11.2. The third kappa shape index (κ3) is 1.89. The molecule has 0 amide bonds. The zero-order valence-corrected chi connectivity index (χ0v) is 13.2. The summed E-state index contributed by atoms with van der Waals surface area (Å²) in [6, 6.07) is 17.2. The molecule has 114 valence electrons. The fraction of sp³-hybridized carbons (Fsp3) is 0.318.